The molecule has 1 aliphatic heterocycles. The number of aryl methyl sites for hydroxylation is 1. The first-order chi connectivity index (χ1) is 14.2. The molecule has 3 heterocycles. The van der Waals surface area contributed by atoms with E-state index in [1.54, 1.807) is 12.4 Å². The molecule has 1 saturated heterocycles. The number of amides is 1. The Kier molecular flexibility index (Phi) is 6.00. The van der Waals surface area contributed by atoms with Crippen molar-refractivity contribution in [2.24, 2.45) is 0 Å². The fourth-order valence-corrected chi connectivity index (χ4v) is 3.61. The van der Waals surface area contributed by atoms with Crippen molar-refractivity contribution in [1.82, 2.24) is 30.4 Å². The summed E-state index contributed by atoms with van der Waals surface area (Å²) in [5, 5.41) is 11.1. The van der Waals surface area contributed by atoms with E-state index < -0.39 is 0 Å². The number of fused-ring (bicyclic) bond motifs is 1. The largest absolute Gasteiger partial charge is 0.493 e. The van der Waals surface area contributed by atoms with Crippen LogP contribution >= 0.6 is 0 Å². The summed E-state index contributed by atoms with van der Waals surface area (Å²) >= 11 is 0. The van der Waals surface area contributed by atoms with Gasteiger partial charge < -0.3 is 15.4 Å². The van der Waals surface area contributed by atoms with E-state index in [0.29, 0.717) is 32.0 Å². The van der Waals surface area contributed by atoms with E-state index in [1.165, 1.54) is 0 Å². The van der Waals surface area contributed by atoms with Gasteiger partial charge in [0, 0.05) is 31.4 Å². The number of carbonyl (C=O) groups excluding carboxylic acids is 1. The lowest BCUT2D eigenvalue weighted by Crippen LogP contribution is -2.28. The molecule has 29 heavy (non-hydrogen) atoms. The topological polar surface area (TPSA) is 94.0 Å². The van der Waals surface area contributed by atoms with Gasteiger partial charge in [0.25, 0.3) is 0 Å². The molecule has 1 aliphatic rings. The normalized spacial score (nSPS) is 16.2. The summed E-state index contributed by atoms with van der Waals surface area (Å²) in [6.45, 7) is 5.30. The maximum Gasteiger partial charge on any atom is 0.223 e. The molecule has 0 aliphatic carbocycles. The number of para-hydroxylation sites is 1. The third kappa shape index (κ3) is 4.54. The molecule has 8 nitrogen and oxygen atoms in total. The van der Waals surface area contributed by atoms with E-state index in [9.17, 15) is 4.79 Å². The predicted molar refractivity (Wildman–Crippen MR) is 110 cm³/mol. The third-order valence-electron chi connectivity index (χ3n) is 5.17. The Morgan fingerprint density at radius 1 is 1.31 bits per heavy atom. The van der Waals surface area contributed by atoms with Gasteiger partial charge in [-0.2, -0.15) is 5.10 Å². The van der Waals surface area contributed by atoms with Crippen LogP contribution in [0.1, 0.15) is 30.0 Å². The van der Waals surface area contributed by atoms with Gasteiger partial charge in [0.2, 0.25) is 5.91 Å². The molecule has 4 rings (SSSR count). The highest BCUT2D eigenvalue weighted by Crippen LogP contribution is 2.26. The lowest BCUT2D eigenvalue weighted by Gasteiger charge is -2.09. The molecule has 2 aromatic heterocycles. The van der Waals surface area contributed by atoms with E-state index in [0.717, 1.165) is 47.7 Å². The second-order valence-electron chi connectivity index (χ2n) is 7.24. The minimum absolute atomic E-state index is 0.0404. The molecule has 1 atom stereocenters. The monoisotopic (exact) mass is 394 g/mol. The van der Waals surface area contributed by atoms with Crippen LogP contribution in [0.3, 0.4) is 0 Å². The van der Waals surface area contributed by atoms with Gasteiger partial charge in [0.05, 0.1) is 25.3 Å². The number of aromatic nitrogens is 4. The Hall–Kier alpha value is -3.00. The summed E-state index contributed by atoms with van der Waals surface area (Å²) in [6.07, 6.45) is 4.75. The number of ether oxygens (including phenoxy) is 1. The van der Waals surface area contributed by atoms with Crippen molar-refractivity contribution in [3.05, 3.63) is 47.9 Å². The SMILES string of the molecule is Cc1ccccc1OCCC(=O)NCCn1nc([C@@H]2CCNC2)c2nccnc21. The van der Waals surface area contributed by atoms with Crippen LogP contribution in [-0.4, -0.2) is 51.9 Å². The number of nitrogens with zero attached hydrogens (tertiary/aromatic N) is 4. The predicted octanol–water partition coefficient (Wildman–Crippen LogP) is 1.80. The molecule has 1 aromatic carbocycles. The zero-order chi connectivity index (χ0) is 20.1. The summed E-state index contributed by atoms with van der Waals surface area (Å²) in [4.78, 5) is 21.1. The van der Waals surface area contributed by atoms with Crippen molar-refractivity contribution < 1.29 is 9.53 Å². The van der Waals surface area contributed by atoms with Crippen LogP contribution in [-0.2, 0) is 11.3 Å². The summed E-state index contributed by atoms with van der Waals surface area (Å²) in [6, 6.07) is 7.79. The minimum atomic E-state index is -0.0404. The molecule has 1 fully saturated rings. The Morgan fingerprint density at radius 3 is 3.00 bits per heavy atom. The van der Waals surface area contributed by atoms with Crippen LogP contribution in [0, 0.1) is 6.92 Å². The fraction of sp³-hybridized carbons (Fsp3) is 0.429. The number of rotatable bonds is 8. The van der Waals surface area contributed by atoms with E-state index in [4.69, 9.17) is 9.84 Å². The molecule has 0 unspecified atom stereocenters. The molecule has 0 bridgehead atoms. The molecule has 3 aromatic rings. The highest BCUT2D eigenvalue weighted by atomic mass is 16.5. The van der Waals surface area contributed by atoms with Gasteiger partial charge in [-0.25, -0.2) is 14.6 Å². The second kappa shape index (κ2) is 9.00. The standard InChI is InChI=1S/C21H26N6O2/c1-15-4-2-3-5-17(15)29-13-7-18(28)23-11-12-27-21-20(24-9-10-25-21)19(26-27)16-6-8-22-14-16/h2-5,9-10,16,22H,6-8,11-14H2,1H3,(H,23,28)/t16-/m1/s1. The minimum Gasteiger partial charge on any atom is -0.493 e. The highest BCUT2D eigenvalue weighted by Gasteiger charge is 2.24. The zero-order valence-electron chi connectivity index (χ0n) is 16.6. The molecule has 0 radical (unpaired) electrons. The first-order valence-electron chi connectivity index (χ1n) is 10.1. The summed E-state index contributed by atoms with van der Waals surface area (Å²) in [5.41, 5.74) is 3.69. The Labute approximate surface area is 169 Å². The molecule has 0 spiro atoms. The van der Waals surface area contributed by atoms with Gasteiger partial charge in [-0.1, -0.05) is 18.2 Å². The number of hydrogen-bond acceptors (Lipinski definition) is 6. The summed E-state index contributed by atoms with van der Waals surface area (Å²) in [7, 11) is 0. The Balaban J connectivity index is 1.29. The first kappa shape index (κ1) is 19.3. The van der Waals surface area contributed by atoms with Crippen LogP contribution in [0.4, 0.5) is 0 Å². The molecular formula is C21H26N6O2. The molecule has 0 saturated carbocycles. The Bertz CT molecular complexity index is 980. The van der Waals surface area contributed by atoms with Gasteiger partial charge >= 0.3 is 0 Å². The summed E-state index contributed by atoms with van der Waals surface area (Å²) < 4.78 is 7.53. The Morgan fingerprint density at radius 2 is 2.17 bits per heavy atom. The molecule has 2 N–H and O–H groups in total. The summed E-state index contributed by atoms with van der Waals surface area (Å²) in [5.74, 6) is 1.14. The first-order valence-corrected chi connectivity index (χ1v) is 10.1. The zero-order valence-corrected chi connectivity index (χ0v) is 16.6. The van der Waals surface area contributed by atoms with Crippen molar-refractivity contribution in [3.8, 4) is 5.75 Å². The van der Waals surface area contributed by atoms with Crippen LogP contribution in [0.2, 0.25) is 0 Å². The fourth-order valence-electron chi connectivity index (χ4n) is 3.61. The second-order valence-corrected chi connectivity index (χ2v) is 7.24. The lowest BCUT2D eigenvalue weighted by molar-refractivity contribution is -0.121. The maximum atomic E-state index is 12.1. The van der Waals surface area contributed by atoms with E-state index >= 15 is 0 Å². The van der Waals surface area contributed by atoms with E-state index in [-0.39, 0.29) is 5.91 Å². The van der Waals surface area contributed by atoms with Gasteiger partial charge in [-0.15, -0.1) is 0 Å². The number of carbonyl (C=O) groups is 1. The molecule has 1 amide bonds. The smallest absolute Gasteiger partial charge is 0.223 e. The van der Waals surface area contributed by atoms with Crippen molar-refractivity contribution in [3.63, 3.8) is 0 Å². The van der Waals surface area contributed by atoms with Crippen LogP contribution in [0.5, 0.6) is 5.75 Å². The number of nitrogens with one attached hydrogen (secondary N) is 2. The number of benzene rings is 1. The molecular weight excluding hydrogens is 368 g/mol. The van der Waals surface area contributed by atoms with Crippen molar-refractivity contribution in [1.29, 1.82) is 0 Å². The van der Waals surface area contributed by atoms with Crippen LogP contribution in [0.15, 0.2) is 36.7 Å². The van der Waals surface area contributed by atoms with Crippen molar-refractivity contribution in [2.75, 3.05) is 26.2 Å². The van der Waals surface area contributed by atoms with Crippen molar-refractivity contribution in [2.45, 2.75) is 32.2 Å². The van der Waals surface area contributed by atoms with Gasteiger partial charge in [-0.05, 0) is 31.5 Å². The maximum absolute atomic E-state index is 12.1. The van der Waals surface area contributed by atoms with Gasteiger partial charge in [-0.3, -0.25) is 4.79 Å². The average molecular weight is 394 g/mol. The van der Waals surface area contributed by atoms with E-state index in [2.05, 4.69) is 20.6 Å². The number of hydrogen-bond donors (Lipinski definition) is 2. The lowest BCUT2D eigenvalue weighted by atomic mass is 10.0. The molecule has 8 heteroatoms. The third-order valence-corrected chi connectivity index (χ3v) is 5.17. The van der Waals surface area contributed by atoms with Gasteiger partial charge in [0.1, 0.15) is 11.3 Å². The highest BCUT2D eigenvalue weighted by molar-refractivity contribution is 5.76. The van der Waals surface area contributed by atoms with Crippen molar-refractivity contribution >= 4 is 17.1 Å². The van der Waals surface area contributed by atoms with E-state index in [1.807, 2.05) is 35.9 Å². The van der Waals surface area contributed by atoms with Crippen LogP contribution < -0.4 is 15.4 Å². The average Bonchev–Trinajstić information content (AvgIpc) is 3.38. The quantitative estimate of drug-likeness (QED) is 0.605. The van der Waals surface area contributed by atoms with Crippen LogP contribution in [0.25, 0.3) is 11.2 Å². The molecule has 152 valence electrons. The van der Waals surface area contributed by atoms with Gasteiger partial charge in [0.15, 0.2) is 5.65 Å².